The van der Waals surface area contributed by atoms with Crippen LogP contribution < -0.4 is 0 Å². The minimum atomic E-state index is -1.02. The lowest BCUT2D eigenvalue weighted by Gasteiger charge is -2.03. The Morgan fingerprint density at radius 1 is 1.41 bits per heavy atom. The van der Waals surface area contributed by atoms with Gasteiger partial charge in [0.1, 0.15) is 10.4 Å². The second-order valence-electron chi connectivity index (χ2n) is 3.45. The molecule has 0 radical (unpaired) electrons. The number of hydrogen-bond donors (Lipinski definition) is 1. The van der Waals surface area contributed by atoms with Gasteiger partial charge in [0.2, 0.25) is 0 Å². The van der Waals surface area contributed by atoms with Crippen LogP contribution in [-0.2, 0) is 7.05 Å². The molecule has 0 saturated carbocycles. The highest BCUT2D eigenvalue weighted by Crippen LogP contribution is 2.25. The van der Waals surface area contributed by atoms with Gasteiger partial charge >= 0.3 is 5.97 Å². The van der Waals surface area contributed by atoms with Crippen molar-refractivity contribution >= 4 is 33.5 Å². The van der Waals surface area contributed by atoms with Gasteiger partial charge in [-0.15, -0.1) is 0 Å². The molecule has 0 saturated heterocycles. The Balaban J connectivity index is 2.57. The molecule has 0 amide bonds. The fourth-order valence-corrected chi connectivity index (χ4v) is 2.28. The summed E-state index contributed by atoms with van der Waals surface area (Å²) in [5.74, 6) is -0.446. The number of nitrogens with zero attached hydrogens (tertiary/aromatic N) is 2. The van der Waals surface area contributed by atoms with Gasteiger partial charge in [0.05, 0.1) is 0 Å². The lowest BCUT2D eigenvalue weighted by atomic mass is 10.2. The van der Waals surface area contributed by atoms with Gasteiger partial charge in [-0.05, 0) is 40.2 Å². The molecule has 0 spiro atoms. The van der Waals surface area contributed by atoms with Gasteiger partial charge in [-0.3, -0.25) is 0 Å². The van der Waals surface area contributed by atoms with Crippen LogP contribution in [0.15, 0.2) is 28.9 Å². The highest BCUT2D eigenvalue weighted by Gasteiger charge is 2.19. The second kappa shape index (κ2) is 4.50. The Hall–Kier alpha value is -1.33. The van der Waals surface area contributed by atoms with E-state index >= 15 is 0 Å². The van der Waals surface area contributed by atoms with Gasteiger partial charge in [0, 0.05) is 17.6 Å². The average Bonchev–Trinajstić information content (AvgIpc) is 2.55. The fraction of sp³-hybridized carbons (Fsp3) is 0.0909. The quantitative estimate of drug-likeness (QED) is 0.926. The van der Waals surface area contributed by atoms with E-state index in [4.69, 9.17) is 16.7 Å². The van der Waals surface area contributed by atoms with Crippen molar-refractivity contribution in [2.45, 2.75) is 0 Å². The first-order valence-electron chi connectivity index (χ1n) is 4.72. The van der Waals surface area contributed by atoms with Crippen LogP contribution in [0, 0.1) is 0 Å². The Kier molecular flexibility index (Phi) is 3.22. The predicted octanol–water partition coefficient (Wildman–Crippen LogP) is 3.20. The average molecular weight is 316 g/mol. The summed E-state index contributed by atoms with van der Waals surface area (Å²) in [6.07, 6.45) is 0. The summed E-state index contributed by atoms with van der Waals surface area (Å²) in [6.45, 7) is 0. The number of carbonyl (C=O) groups is 1. The molecule has 0 unspecified atom stereocenters. The molecule has 1 aromatic carbocycles. The van der Waals surface area contributed by atoms with Gasteiger partial charge in [0.25, 0.3) is 0 Å². The van der Waals surface area contributed by atoms with Crippen molar-refractivity contribution in [1.29, 1.82) is 0 Å². The lowest BCUT2D eigenvalue weighted by Crippen LogP contribution is -2.05. The molecule has 0 aliphatic carbocycles. The first kappa shape index (κ1) is 12.1. The summed E-state index contributed by atoms with van der Waals surface area (Å²) in [4.78, 5) is 15.2. The SMILES string of the molecule is Cn1c(-c2ccc(Cl)cc2)nc(Br)c1C(=O)O. The van der Waals surface area contributed by atoms with Crippen LogP contribution in [0.2, 0.25) is 5.02 Å². The number of rotatable bonds is 2. The molecule has 1 aromatic heterocycles. The maximum absolute atomic E-state index is 11.0. The minimum absolute atomic E-state index is 0.120. The Labute approximate surface area is 111 Å². The third kappa shape index (κ3) is 2.21. The number of benzene rings is 1. The predicted molar refractivity (Wildman–Crippen MR) is 68.3 cm³/mol. The molecular weight excluding hydrogens is 307 g/mol. The van der Waals surface area contributed by atoms with E-state index in [2.05, 4.69) is 20.9 Å². The summed E-state index contributed by atoms with van der Waals surface area (Å²) in [7, 11) is 1.66. The van der Waals surface area contributed by atoms with Gasteiger partial charge in [-0.25, -0.2) is 9.78 Å². The van der Waals surface area contributed by atoms with E-state index in [1.807, 2.05) is 0 Å². The summed E-state index contributed by atoms with van der Waals surface area (Å²) >= 11 is 8.94. The maximum atomic E-state index is 11.0. The molecule has 2 aromatic rings. The van der Waals surface area contributed by atoms with Crippen LogP contribution in [-0.4, -0.2) is 20.6 Å². The number of imidazole rings is 1. The molecule has 0 fully saturated rings. The highest BCUT2D eigenvalue weighted by molar-refractivity contribution is 9.10. The number of carboxylic acids is 1. The van der Waals surface area contributed by atoms with Crippen molar-refractivity contribution in [1.82, 2.24) is 9.55 Å². The Morgan fingerprint density at radius 2 is 2.00 bits per heavy atom. The maximum Gasteiger partial charge on any atom is 0.355 e. The molecule has 4 nitrogen and oxygen atoms in total. The van der Waals surface area contributed by atoms with Gasteiger partial charge in [-0.2, -0.15) is 0 Å². The fourth-order valence-electron chi connectivity index (χ4n) is 1.55. The van der Waals surface area contributed by atoms with Crippen LogP contribution in [0.4, 0.5) is 0 Å². The van der Waals surface area contributed by atoms with Crippen LogP contribution in [0.3, 0.4) is 0 Å². The number of aromatic nitrogens is 2. The van der Waals surface area contributed by atoms with Crippen LogP contribution in [0.25, 0.3) is 11.4 Å². The van der Waals surface area contributed by atoms with Gasteiger partial charge in [-0.1, -0.05) is 11.6 Å². The third-order valence-electron chi connectivity index (χ3n) is 2.36. The Bertz CT molecular complexity index is 578. The van der Waals surface area contributed by atoms with Gasteiger partial charge in [0.15, 0.2) is 5.69 Å². The molecule has 88 valence electrons. The number of aromatic carboxylic acids is 1. The molecule has 1 heterocycles. The van der Waals surface area contributed by atoms with E-state index in [1.54, 1.807) is 31.3 Å². The minimum Gasteiger partial charge on any atom is -0.476 e. The van der Waals surface area contributed by atoms with Crippen molar-refractivity contribution < 1.29 is 9.90 Å². The van der Waals surface area contributed by atoms with Crippen molar-refractivity contribution in [3.63, 3.8) is 0 Å². The van der Waals surface area contributed by atoms with E-state index in [0.717, 1.165) is 5.56 Å². The zero-order valence-electron chi connectivity index (χ0n) is 8.82. The molecule has 6 heteroatoms. The van der Waals surface area contributed by atoms with Crippen molar-refractivity contribution in [2.75, 3.05) is 0 Å². The monoisotopic (exact) mass is 314 g/mol. The van der Waals surface area contributed by atoms with E-state index < -0.39 is 5.97 Å². The summed E-state index contributed by atoms with van der Waals surface area (Å²) in [5, 5.41) is 9.66. The van der Waals surface area contributed by atoms with E-state index in [0.29, 0.717) is 15.5 Å². The summed E-state index contributed by atoms with van der Waals surface area (Å²) in [5.41, 5.74) is 0.931. The summed E-state index contributed by atoms with van der Waals surface area (Å²) < 4.78 is 1.84. The van der Waals surface area contributed by atoms with Crippen LogP contribution in [0.5, 0.6) is 0 Å². The number of carboxylic acid groups (broad SMARTS) is 1. The smallest absolute Gasteiger partial charge is 0.355 e. The normalized spacial score (nSPS) is 10.5. The lowest BCUT2D eigenvalue weighted by molar-refractivity contribution is 0.0685. The van der Waals surface area contributed by atoms with E-state index in [1.165, 1.54) is 4.57 Å². The topological polar surface area (TPSA) is 55.1 Å². The Morgan fingerprint density at radius 3 is 2.47 bits per heavy atom. The number of halogens is 2. The zero-order chi connectivity index (χ0) is 12.6. The molecule has 0 aliphatic rings. The highest BCUT2D eigenvalue weighted by atomic mass is 79.9. The molecule has 1 N–H and O–H groups in total. The molecule has 0 aliphatic heterocycles. The molecule has 2 rings (SSSR count). The van der Waals surface area contributed by atoms with Crippen LogP contribution >= 0.6 is 27.5 Å². The van der Waals surface area contributed by atoms with Crippen molar-refractivity contribution in [3.8, 4) is 11.4 Å². The molecule has 0 bridgehead atoms. The zero-order valence-corrected chi connectivity index (χ0v) is 11.2. The van der Waals surface area contributed by atoms with Crippen LogP contribution in [0.1, 0.15) is 10.5 Å². The molecular formula is C11H8BrClN2O2. The number of hydrogen-bond acceptors (Lipinski definition) is 2. The first-order chi connectivity index (χ1) is 8.00. The van der Waals surface area contributed by atoms with E-state index in [9.17, 15) is 4.79 Å². The van der Waals surface area contributed by atoms with Crippen molar-refractivity contribution in [3.05, 3.63) is 39.6 Å². The second-order valence-corrected chi connectivity index (χ2v) is 4.63. The summed E-state index contributed by atoms with van der Waals surface area (Å²) in [6, 6.07) is 7.06. The van der Waals surface area contributed by atoms with Crippen molar-refractivity contribution in [2.24, 2.45) is 7.05 Å². The standard InChI is InChI=1S/C11H8BrClN2O2/c1-15-8(11(16)17)9(12)14-10(15)6-2-4-7(13)5-3-6/h2-5H,1H3,(H,16,17). The largest absolute Gasteiger partial charge is 0.476 e. The third-order valence-corrected chi connectivity index (χ3v) is 3.16. The van der Waals surface area contributed by atoms with Gasteiger partial charge < -0.3 is 9.67 Å². The molecule has 17 heavy (non-hydrogen) atoms. The first-order valence-corrected chi connectivity index (χ1v) is 5.89. The van der Waals surface area contributed by atoms with E-state index in [-0.39, 0.29) is 5.69 Å². The molecule has 0 atom stereocenters.